The first-order chi connectivity index (χ1) is 10.6. The highest BCUT2D eigenvalue weighted by Crippen LogP contribution is 2.16. The first-order valence-electron chi connectivity index (χ1n) is 6.90. The van der Waals surface area contributed by atoms with Gasteiger partial charge in [-0.1, -0.05) is 29.8 Å². The predicted molar refractivity (Wildman–Crippen MR) is 87.8 cm³/mol. The van der Waals surface area contributed by atoms with E-state index in [9.17, 15) is 4.79 Å². The first kappa shape index (κ1) is 15.6. The van der Waals surface area contributed by atoms with E-state index in [1.54, 1.807) is 13.2 Å². The van der Waals surface area contributed by atoms with Gasteiger partial charge in [0.05, 0.1) is 14.2 Å². The highest BCUT2D eigenvalue weighted by molar-refractivity contribution is 6.05. The molecule has 0 atom stereocenters. The number of anilines is 1. The van der Waals surface area contributed by atoms with Crippen molar-refractivity contribution in [2.24, 2.45) is 0 Å². The summed E-state index contributed by atoms with van der Waals surface area (Å²) in [6.07, 6.45) is 1.68. The summed E-state index contributed by atoms with van der Waals surface area (Å²) in [5, 5.41) is 2.81. The van der Waals surface area contributed by atoms with Gasteiger partial charge in [0, 0.05) is 5.69 Å². The van der Waals surface area contributed by atoms with Gasteiger partial charge < -0.3 is 14.8 Å². The minimum absolute atomic E-state index is 0.241. The van der Waals surface area contributed by atoms with Gasteiger partial charge in [-0.15, -0.1) is 0 Å². The quantitative estimate of drug-likeness (QED) is 0.677. The summed E-state index contributed by atoms with van der Waals surface area (Å²) < 4.78 is 10.3. The van der Waals surface area contributed by atoms with Gasteiger partial charge >= 0.3 is 0 Å². The molecule has 0 bridgehead atoms. The second kappa shape index (κ2) is 7.31. The molecule has 4 heteroatoms. The van der Waals surface area contributed by atoms with Crippen molar-refractivity contribution in [1.82, 2.24) is 0 Å². The van der Waals surface area contributed by atoms with Gasteiger partial charge in [-0.05, 0) is 42.8 Å². The molecule has 0 aliphatic rings. The minimum Gasteiger partial charge on any atom is -0.497 e. The fourth-order valence-electron chi connectivity index (χ4n) is 1.90. The maximum atomic E-state index is 12.2. The molecule has 1 N–H and O–H groups in total. The SMILES string of the molecule is CO/C(=C\c1ccc(OC)cc1)C(=O)Nc1ccc(C)cc1. The number of hydrogen-bond acceptors (Lipinski definition) is 3. The Morgan fingerprint density at radius 3 is 2.18 bits per heavy atom. The molecule has 0 radical (unpaired) electrons. The normalized spacial score (nSPS) is 11.0. The molecule has 0 saturated heterocycles. The monoisotopic (exact) mass is 297 g/mol. The Hall–Kier alpha value is -2.75. The standard InChI is InChI=1S/C18H19NO3/c1-13-4-8-15(9-5-13)19-18(20)17(22-3)12-14-6-10-16(21-2)11-7-14/h4-12H,1-3H3,(H,19,20)/b17-12-. The van der Waals surface area contributed by atoms with Crippen molar-refractivity contribution >= 4 is 17.7 Å². The number of benzene rings is 2. The number of rotatable bonds is 5. The molecular weight excluding hydrogens is 278 g/mol. The number of carbonyl (C=O) groups excluding carboxylic acids is 1. The lowest BCUT2D eigenvalue weighted by Gasteiger charge is -2.08. The van der Waals surface area contributed by atoms with Gasteiger partial charge in [0.1, 0.15) is 5.75 Å². The first-order valence-corrected chi connectivity index (χ1v) is 6.90. The zero-order valence-electron chi connectivity index (χ0n) is 12.9. The summed E-state index contributed by atoms with van der Waals surface area (Å²) in [7, 11) is 3.09. The number of nitrogens with one attached hydrogen (secondary N) is 1. The summed E-state index contributed by atoms with van der Waals surface area (Å²) >= 11 is 0. The van der Waals surface area contributed by atoms with Crippen LogP contribution in [0, 0.1) is 6.92 Å². The van der Waals surface area contributed by atoms with Gasteiger partial charge in [0.15, 0.2) is 5.76 Å². The summed E-state index contributed by atoms with van der Waals surface area (Å²) in [6.45, 7) is 2.00. The van der Waals surface area contributed by atoms with E-state index in [0.29, 0.717) is 0 Å². The Kier molecular flexibility index (Phi) is 5.20. The maximum absolute atomic E-state index is 12.2. The van der Waals surface area contributed by atoms with E-state index in [1.165, 1.54) is 7.11 Å². The van der Waals surface area contributed by atoms with Crippen LogP contribution < -0.4 is 10.1 Å². The summed E-state index contributed by atoms with van der Waals surface area (Å²) in [6, 6.07) is 15.0. The fraction of sp³-hybridized carbons (Fsp3) is 0.167. The van der Waals surface area contributed by atoms with E-state index in [0.717, 1.165) is 22.6 Å². The van der Waals surface area contributed by atoms with Crippen LogP contribution in [0.3, 0.4) is 0 Å². The highest BCUT2D eigenvalue weighted by atomic mass is 16.5. The van der Waals surface area contributed by atoms with Crippen LogP contribution in [-0.4, -0.2) is 20.1 Å². The molecule has 2 aromatic rings. The molecule has 2 rings (SSSR count). The maximum Gasteiger partial charge on any atom is 0.290 e. The molecule has 0 aromatic heterocycles. The van der Waals surface area contributed by atoms with Crippen LogP contribution in [0.1, 0.15) is 11.1 Å². The molecular formula is C18H19NO3. The molecule has 1 amide bonds. The molecule has 0 spiro atoms. The molecule has 0 unspecified atom stereocenters. The molecule has 0 aliphatic heterocycles. The topological polar surface area (TPSA) is 47.6 Å². The van der Waals surface area contributed by atoms with E-state index in [-0.39, 0.29) is 11.7 Å². The number of aryl methyl sites for hydroxylation is 1. The third-order valence-corrected chi connectivity index (χ3v) is 3.17. The molecule has 0 heterocycles. The lowest BCUT2D eigenvalue weighted by atomic mass is 10.2. The van der Waals surface area contributed by atoms with Crippen LogP contribution in [0.25, 0.3) is 6.08 Å². The highest BCUT2D eigenvalue weighted by Gasteiger charge is 2.10. The Morgan fingerprint density at radius 1 is 1.00 bits per heavy atom. The third-order valence-electron chi connectivity index (χ3n) is 3.17. The molecule has 0 fully saturated rings. The molecule has 4 nitrogen and oxygen atoms in total. The van der Waals surface area contributed by atoms with Crippen molar-refractivity contribution in [3.8, 4) is 5.75 Å². The van der Waals surface area contributed by atoms with Crippen LogP contribution in [0.2, 0.25) is 0 Å². The van der Waals surface area contributed by atoms with E-state index in [2.05, 4.69) is 5.32 Å². The van der Waals surface area contributed by atoms with Gasteiger partial charge in [-0.2, -0.15) is 0 Å². The van der Waals surface area contributed by atoms with Crippen LogP contribution in [0.4, 0.5) is 5.69 Å². The Bertz CT molecular complexity index is 658. The number of hydrogen-bond donors (Lipinski definition) is 1. The Balaban J connectivity index is 2.13. The second-order valence-corrected chi connectivity index (χ2v) is 4.81. The second-order valence-electron chi connectivity index (χ2n) is 4.81. The van der Waals surface area contributed by atoms with Crippen LogP contribution in [0.5, 0.6) is 5.75 Å². The number of carbonyl (C=O) groups is 1. The van der Waals surface area contributed by atoms with Gasteiger partial charge in [-0.25, -0.2) is 0 Å². The zero-order chi connectivity index (χ0) is 15.9. The zero-order valence-corrected chi connectivity index (χ0v) is 12.9. The van der Waals surface area contributed by atoms with Gasteiger partial charge in [0.2, 0.25) is 0 Å². The number of methoxy groups -OCH3 is 2. The molecule has 2 aromatic carbocycles. The van der Waals surface area contributed by atoms with Crippen LogP contribution in [-0.2, 0) is 9.53 Å². The summed E-state index contributed by atoms with van der Waals surface area (Å²) in [4.78, 5) is 12.2. The van der Waals surface area contributed by atoms with E-state index < -0.39 is 0 Å². The fourth-order valence-corrected chi connectivity index (χ4v) is 1.90. The third kappa shape index (κ3) is 4.12. The largest absolute Gasteiger partial charge is 0.497 e. The lowest BCUT2D eigenvalue weighted by Crippen LogP contribution is -2.15. The lowest BCUT2D eigenvalue weighted by molar-refractivity contribution is -0.115. The van der Waals surface area contributed by atoms with Crippen LogP contribution in [0.15, 0.2) is 54.3 Å². The van der Waals surface area contributed by atoms with Crippen molar-refractivity contribution in [3.05, 3.63) is 65.4 Å². The van der Waals surface area contributed by atoms with E-state index in [4.69, 9.17) is 9.47 Å². The predicted octanol–water partition coefficient (Wildman–Crippen LogP) is 3.63. The van der Waals surface area contributed by atoms with Crippen molar-refractivity contribution in [2.45, 2.75) is 6.92 Å². The number of amides is 1. The molecule has 114 valence electrons. The molecule has 22 heavy (non-hydrogen) atoms. The Labute approximate surface area is 130 Å². The van der Waals surface area contributed by atoms with Crippen molar-refractivity contribution in [3.63, 3.8) is 0 Å². The molecule has 0 saturated carbocycles. The van der Waals surface area contributed by atoms with Crippen molar-refractivity contribution in [1.29, 1.82) is 0 Å². The van der Waals surface area contributed by atoms with Crippen molar-refractivity contribution in [2.75, 3.05) is 19.5 Å². The van der Waals surface area contributed by atoms with Crippen molar-refractivity contribution < 1.29 is 14.3 Å². The Morgan fingerprint density at radius 2 is 1.64 bits per heavy atom. The van der Waals surface area contributed by atoms with Gasteiger partial charge in [-0.3, -0.25) is 4.79 Å². The summed E-state index contributed by atoms with van der Waals surface area (Å²) in [5.74, 6) is 0.716. The van der Waals surface area contributed by atoms with Gasteiger partial charge in [0.25, 0.3) is 5.91 Å². The van der Waals surface area contributed by atoms with Crippen LogP contribution >= 0.6 is 0 Å². The van der Waals surface area contributed by atoms with E-state index in [1.807, 2.05) is 55.5 Å². The average Bonchev–Trinajstić information content (AvgIpc) is 2.55. The number of ether oxygens (including phenoxy) is 2. The smallest absolute Gasteiger partial charge is 0.290 e. The minimum atomic E-state index is -0.290. The van der Waals surface area contributed by atoms with E-state index >= 15 is 0 Å². The average molecular weight is 297 g/mol. The summed E-state index contributed by atoms with van der Waals surface area (Å²) in [5.41, 5.74) is 2.73. The molecule has 0 aliphatic carbocycles.